The van der Waals surface area contributed by atoms with Crippen LogP contribution in [0.5, 0.6) is 5.75 Å². The number of hydrogen-bond donors (Lipinski definition) is 0. The fourth-order valence-electron chi connectivity index (χ4n) is 4.72. The van der Waals surface area contributed by atoms with Crippen molar-refractivity contribution in [1.82, 2.24) is 8.87 Å². The van der Waals surface area contributed by atoms with E-state index in [0.717, 1.165) is 33.0 Å². The monoisotopic (exact) mass is 568 g/mol. The first kappa shape index (κ1) is 25.9. The summed E-state index contributed by atoms with van der Waals surface area (Å²) in [6, 6.07) is 27.3. The van der Waals surface area contributed by atoms with Crippen LogP contribution in [0.4, 0.5) is 4.79 Å². The third-order valence-electron chi connectivity index (χ3n) is 6.77. The fraction of sp³-hybridized carbons (Fsp3) is 0.0968. The zero-order chi connectivity index (χ0) is 27.9. The summed E-state index contributed by atoms with van der Waals surface area (Å²) < 4.78 is 34.1. The van der Waals surface area contributed by atoms with Crippen molar-refractivity contribution in [1.29, 1.82) is 0 Å². The van der Waals surface area contributed by atoms with E-state index in [1.54, 1.807) is 54.6 Å². The number of fused-ring (bicyclic) bond motifs is 2. The number of carbonyl (C=O) groups excluding carboxylic acids is 2. The van der Waals surface area contributed by atoms with Crippen molar-refractivity contribution in [2.24, 2.45) is 0 Å². The Morgan fingerprint density at radius 1 is 0.850 bits per heavy atom. The van der Waals surface area contributed by atoms with Crippen LogP contribution in [0.3, 0.4) is 0 Å². The van der Waals surface area contributed by atoms with E-state index in [2.05, 4.69) is 0 Å². The van der Waals surface area contributed by atoms with Gasteiger partial charge >= 0.3 is 0 Å². The van der Waals surface area contributed by atoms with E-state index in [4.69, 9.17) is 4.74 Å². The van der Waals surface area contributed by atoms with Gasteiger partial charge in [0.1, 0.15) is 12.4 Å². The van der Waals surface area contributed by atoms with Crippen LogP contribution in [0.25, 0.3) is 27.8 Å². The van der Waals surface area contributed by atoms with E-state index >= 15 is 0 Å². The molecule has 0 bridgehead atoms. The molecule has 5 aromatic rings. The number of para-hydroxylation sites is 1. The SMILES string of the molecule is Cc1ccc(S(=O)(=O)n2cc(/C=C3\SC(=O)N(CCOc4cccc5ccccc45)C3=O)c3ccccc32)cc1. The number of amides is 2. The molecule has 40 heavy (non-hydrogen) atoms. The molecule has 0 radical (unpaired) electrons. The largest absolute Gasteiger partial charge is 0.491 e. The zero-order valence-electron chi connectivity index (χ0n) is 21.5. The average molecular weight is 569 g/mol. The smallest absolute Gasteiger partial charge is 0.293 e. The van der Waals surface area contributed by atoms with Gasteiger partial charge in [-0.2, -0.15) is 0 Å². The molecule has 0 aliphatic carbocycles. The normalized spacial score (nSPS) is 15.0. The lowest BCUT2D eigenvalue weighted by molar-refractivity contribution is -0.123. The summed E-state index contributed by atoms with van der Waals surface area (Å²) in [5.41, 5.74) is 1.97. The number of imide groups is 1. The van der Waals surface area contributed by atoms with Crippen molar-refractivity contribution in [3.05, 3.63) is 113 Å². The molecule has 0 unspecified atom stereocenters. The quantitative estimate of drug-likeness (QED) is 0.210. The van der Waals surface area contributed by atoms with Gasteiger partial charge in [0.2, 0.25) is 0 Å². The molecule has 200 valence electrons. The van der Waals surface area contributed by atoms with Crippen molar-refractivity contribution in [3.8, 4) is 5.75 Å². The van der Waals surface area contributed by atoms with Crippen LogP contribution >= 0.6 is 11.8 Å². The molecule has 1 saturated heterocycles. The van der Waals surface area contributed by atoms with Crippen molar-refractivity contribution in [3.63, 3.8) is 0 Å². The maximum Gasteiger partial charge on any atom is 0.293 e. The van der Waals surface area contributed by atoms with Crippen molar-refractivity contribution in [2.75, 3.05) is 13.2 Å². The van der Waals surface area contributed by atoms with Gasteiger partial charge in [-0.1, -0.05) is 72.3 Å². The second kappa shape index (κ2) is 10.3. The minimum absolute atomic E-state index is 0.0921. The third kappa shape index (κ3) is 4.67. The summed E-state index contributed by atoms with van der Waals surface area (Å²) in [6.45, 7) is 2.13. The summed E-state index contributed by atoms with van der Waals surface area (Å²) in [5.74, 6) is 0.248. The fourth-order valence-corrected chi connectivity index (χ4v) is 6.95. The number of carbonyl (C=O) groups is 2. The van der Waals surface area contributed by atoms with E-state index in [1.165, 1.54) is 10.2 Å². The molecule has 7 nitrogen and oxygen atoms in total. The van der Waals surface area contributed by atoms with Crippen LogP contribution in [0, 0.1) is 6.92 Å². The lowest BCUT2D eigenvalue weighted by Crippen LogP contribution is -2.32. The standard InChI is InChI=1S/C31H24N2O5S2/c1-21-13-15-24(16-14-21)40(36,37)33-20-23(25-9-4-5-11-27(25)33)19-29-30(34)32(31(35)39-29)17-18-38-28-12-6-8-22-7-2-3-10-26(22)28/h2-16,19-20H,17-18H2,1H3/b29-19-. The Balaban J connectivity index is 1.25. The van der Waals surface area contributed by atoms with Crippen LogP contribution in [-0.2, 0) is 14.8 Å². The zero-order valence-corrected chi connectivity index (χ0v) is 23.1. The summed E-state index contributed by atoms with van der Waals surface area (Å²) in [7, 11) is -3.88. The molecule has 0 N–H and O–H groups in total. The molecule has 4 aromatic carbocycles. The highest BCUT2D eigenvalue weighted by Crippen LogP contribution is 2.35. The number of nitrogens with zero attached hydrogens (tertiary/aromatic N) is 2. The van der Waals surface area contributed by atoms with Gasteiger partial charge in [-0.15, -0.1) is 0 Å². The molecule has 2 amide bonds. The van der Waals surface area contributed by atoms with Gasteiger partial charge in [0.15, 0.2) is 0 Å². The van der Waals surface area contributed by atoms with E-state index in [9.17, 15) is 18.0 Å². The molecule has 1 aliphatic rings. The number of aromatic nitrogens is 1. The predicted molar refractivity (Wildman–Crippen MR) is 158 cm³/mol. The van der Waals surface area contributed by atoms with Crippen molar-refractivity contribution >= 4 is 60.7 Å². The Labute approximate surface area is 235 Å². The van der Waals surface area contributed by atoms with Crippen LogP contribution in [0.15, 0.2) is 107 Å². The average Bonchev–Trinajstić information content (AvgIpc) is 3.46. The van der Waals surface area contributed by atoms with E-state index < -0.39 is 21.2 Å². The number of aryl methyl sites for hydroxylation is 1. The number of rotatable bonds is 7. The Morgan fingerprint density at radius 3 is 2.35 bits per heavy atom. The molecule has 2 heterocycles. The molecule has 6 rings (SSSR count). The molecule has 1 aromatic heterocycles. The van der Waals surface area contributed by atoms with Crippen molar-refractivity contribution < 1.29 is 22.7 Å². The Morgan fingerprint density at radius 2 is 1.55 bits per heavy atom. The molecule has 1 fully saturated rings. The van der Waals surface area contributed by atoms with Gasteiger partial charge in [-0.25, -0.2) is 12.4 Å². The highest BCUT2D eigenvalue weighted by Gasteiger charge is 2.35. The first-order valence-electron chi connectivity index (χ1n) is 12.6. The lowest BCUT2D eigenvalue weighted by atomic mass is 10.1. The number of thioether (sulfide) groups is 1. The van der Waals surface area contributed by atoms with Crippen molar-refractivity contribution in [2.45, 2.75) is 11.8 Å². The molecule has 0 spiro atoms. The molecular formula is C31H24N2O5S2. The predicted octanol–water partition coefficient (Wildman–Crippen LogP) is 6.46. The third-order valence-corrected chi connectivity index (χ3v) is 9.36. The maximum absolute atomic E-state index is 13.5. The number of hydrogen-bond acceptors (Lipinski definition) is 6. The molecular weight excluding hydrogens is 544 g/mol. The first-order chi connectivity index (χ1) is 19.3. The van der Waals surface area contributed by atoms with Crippen LogP contribution in [0.2, 0.25) is 0 Å². The lowest BCUT2D eigenvalue weighted by Gasteiger charge is -2.14. The van der Waals surface area contributed by atoms with Gasteiger partial charge in [0.05, 0.1) is 21.9 Å². The van der Waals surface area contributed by atoms with Gasteiger partial charge in [0, 0.05) is 22.5 Å². The van der Waals surface area contributed by atoms with E-state index in [0.29, 0.717) is 22.2 Å². The Bertz CT molecular complexity index is 1920. The summed E-state index contributed by atoms with van der Waals surface area (Å²) in [5, 5.41) is 2.26. The summed E-state index contributed by atoms with van der Waals surface area (Å²) in [6.07, 6.45) is 3.08. The van der Waals surface area contributed by atoms with Crippen LogP contribution < -0.4 is 4.74 Å². The highest BCUT2D eigenvalue weighted by atomic mass is 32.2. The molecule has 1 aliphatic heterocycles. The van der Waals surface area contributed by atoms with Crippen LogP contribution in [-0.4, -0.2) is 41.6 Å². The maximum atomic E-state index is 13.5. The minimum Gasteiger partial charge on any atom is -0.491 e. The number of ether oxygens (including phenoxy) is 1. The van der Waals surface area contributed by atoms with E-state index in [1.807, 2.05) is 49.4 Å². The molecule has 9 heteroatoms. The Hall–Kier alpha value is -4.34. The summed E-state index contributed by atoms with van der Waals surface area (Å²) >= 11 is 0.833. The van der Waals surface area contributed by atoms with Gasteiger partial charge in [-0.05, 0) is 54.4 Å². The van der Waals surface area contributed by atoms with E-state index in [-0.39, 0.29) is 23.0 Å². The topological polar surface area (TPSA) is 85.7 Å². The van der Waals surface area contributed by atoms with Gasteiger partial charge in [-0.3, -0.25) is 14.5 Å². The number of benzene rings is 4. The minimum atomic E-state index is -3.88. The Kier molecular flexibility index (Phi) is 6.69. The second-order valence-corrected chi connectivity index (χ2v) is 12.2. The van der Waals surface area contributed by atoms with Gasteiger partial charge in [0.25, 0.3) is 21.2 Å². The first-order valence-corrected chi connectivity index (χ1v) is 14.9. The van der Waals surface area contributed by atoms with Crippen LogP contribution in [0.1, 0.15) is 11.1 Å². The van der Waals surface area contributed by atoms with Gasteiger partial charge < -0.3 is 4.74 Å². The second-order valence-electron chi connectivity index (χ2n) is 9.37. The highest BCUT2D eigenvalue weighted by molar-refractivity contribution is 8.18. The molecule has 0 saturated carbocycles. The summed E-state index contributed by atoms with van der Waals surface area (Å²) in [4.78, 5) is 27.5. The molecule has 0 atom stereocenters.